The maximum atomic E-state index is 12.8. The van der Waals surface area contributed by atoms with Gasteiger partial charge in [0.25, 0.3) is 0 Å². The zero-order valence-corrected chi connectivity index (χ0v) is 14.4. The second-order valence-electron chi connectivity index (χ2n) is 5.65. The Hall–Kier alpha value is -2.57. The van der Waals surface area contributed by atoms with Crippen molar-refractivity contribution in [1.29, 1.82) is 0 Å². The Bertz CT molecular complexity index is 920. The third-order valence-electron chi connectivity index (χ3n) is 3.85. The lowest BCUT2D eigenvalue weighted by Crippen LogP contribution is -2.16. The number of benzene rings is 2. The van der Waals surface area contributed by atoms with Crippen LogP contribution in [0.2, 0.25) is 0 Å². The van der Waals surface area contributed by atoms with Gasteiger partial charge in [-0.3, -0.25) is 4.79 Å². The maximum absolute atomic E-state index is 12.8. The van der Waals surface area contributed by atoms with E-state index in [0.717, 1.165) is 13.1 Å². The van der Waals surface area contributed by atoms with Gasteiger partial charge in [0.2, 0.25) is 5.43 Å². The summed E-state index contributed by atoms with van der Waals surface area (Å²) in [5, 5.41) is 7.07. The first-order valence-corrected chi connectivity index (χ1v) is 8.28. The number of ether oxygens (including phenoxy) is 2. The summed E-state index contributed by atoms with van der Waals surface area (Å²) in [5.41, 5.74) is 0.978. The van der Waals surface area contributed by atoms with Gasteiger partial charge in [-0.05, 0) is 44.4 Å². The molecule has 0 unspecified atom stereocenters. The molecule has 2 N–H and O–H groups in total. The molecule has 2 aromatic carbocycles. The summed E-state index contributed by atoms with van der Waals surface area (Å²) in [5.74, 6) is 1.33. The molecule has 0 radical (unpaired) electrons. The highest BCUT2D eigenvalue weighted by molar-refractivity contribution is 5.90. The first kappa shape index (κ1) is 17.3. The van der Waals surface area contributed by atoms with Crippen molar-refractivity contribution in [3.63, 3.8) is 0 Å². The number of nitrogens with one attached hydrogen (secondary N) is 2. The van der Waals surface area contributed by atoms with Crippen molar-refractivity contribution in [2.24, 2.45) is 0 Å². The molecule has 0 atom stereocenters. The summed E-state index contributed by atoms with van der Waals surface area (Å²) in [6, 6.07) is 10.6. The molecule has 6 heteroatoms. The van der Waals surface area contributed by atoms with Crippen molar-refractivity contribution in [2.75, 3.05) is 40.4 Å². The molecular formula is C19H22N2O4. The molecule has 0 spiro atoms. The molecule has 3 rings (SSSR count). The Morgan fingerprint density at radius 3 is 2.16 bits per heavy atom. The summed E-state index contributed by atoms with van der Waals surface area (Å²) in [7, 11) is 3.73. The second-order valence-corrected chi connectivity index (χ2v) is 5.65. The molecule has 1 heterocycles. The molecule has 0 saturated carbocycles. The standard InChI is InChI=1S/C19H22N2O4/c1-20-7-9-23-13-4-6-17-16(11-13)19(22)15-5-3-14(12-18(15)25-17)24-10-8-21-2/h3-6,11-12,20-21H,7-10H2,1-2H3. The van der Waals surface area contributed by atoms with Gasteiger partial charge >= 0.3 is 0 Å². The molecule has 0 amide bonds. The van der Waals surface area contributed by atoms with Crippen LogP contribution in [0.25, 0.3) is 21.9 Å². The van der Waals surface area contributed by atoms with Crippen LogP contribution in [0.1, 0.15) is 0 Å². The van der Waals surface area contributed by atoms with E-state index in [0.29, 0.717) is 46.7 Å². The zero-order chi connectivity index (χ0) is 17.6. The average Bonchev–Trinajstić information content (AvgIpc) is 2.63. The lowest BCUT2D eigenvalue weighted by atomic mass is 10.1. The lowest BCUT2D eigenvalue weighted by molar-refractivity contribution is 0.318. The van der Waals surface area contributed by atoms with Crippen LogP contribution in [-0.4, -0.2) is 40.4 Å². The first-order chi connectivity index (χ1) is 12.2. The highest BCUT2D eigenvalue weighted by Crippen LogP contribution is 2.25. The highest BCUT2D eigenvalue weighted by atomic mass is 16.5. The van der Waals surface area contributed by atoms with E-state index in [1.165, 1.54) is 0 Å². The van der Waals surface area contributed by atoms with Crippen molar-refractivity contribution < 1.29 is 13.9 Å². The quantitative estimate of drug-likeness (QED) is 0.483. The van der Waals surface area contributed by atoms with Crippen LogP contribution >= 0.6 is 0 Å². The smallest absolute Gasteiger partial charge is 0.200 e. The van der Waals surface area contributed by atoms with Crippen molar-refractivity contribution >= 4 is 21.9 Å². The fourth-order valence-electron chi connectivity index (χ4n) is 2.54. The Balaban J connectivity index is 1.95. The molecule has 6 nitrogen and oxygen atoms in total. The van der Waals surface area contributed by atoms with Gasteiger partial charge < -0.3 is 24.5 Å². The molecule has 132 valence electrons. The van der Waals surface area contributed by atoms with E-state index >= 15 is 0 Å². The number of hydrogen-bond acceptors (Lipinski definition) is 6. The summed E-state index contributed by atoms with van der Waals surface area (Å²) in [6.45, 7) is 2.57. The van der Waals surface area contributed by atoms with Gasteiger partial charge in [0.1, 0.15) is 35.9 Å². The number of fused-ring (bicyclic) bond motifs is 2. The van der Waals surface area contributed by atoms with E-state index in [4.69, 9.17) is 13.9 Å². The third kappa shape index (κ3) is 3.92. The molecule has 0 aliphatic rings. The molecule has 0 aliphatic carbocycles. The van der Waals surface area contributed by atoms with Gasteiger partial charge in [-0.2, -0.15) is 0 Å². The number of likely N-dealkylation sites (N-methyl/N-ethyl adjacent to an activating group) is 2. The maximum Gasteiger partial charge on any atom is 0.200 e. The van der Waals surface area contributed by atoms with Crippen LogP contribution < -0.4 is 25.5 Å². The minimum Gasteiger partial charge on any atom is -0.492 e. The van der Waals surface area contributed by atoms with Crippen LogP contribution in [0.4, 0.5) is 0 Å². The molecule has 0 bridgehead atoms. The van der Waals surface area contributed by atoms with Crippen molar-refractivity contribution in [2.45, 2.75) is 0 Å². The summed E-state index contributed by atoms with van der Waals surface area (Å²) < 4.78 is 17.1. The molecular weight excluding hydrogens is 320 g/mol. The Morgan fingerprint density at radius 2 is 1.48 bits per heavy atom. The second kappa shape index (κ2) is 8.00. The third-order valence-corrected chi connectivity index (χ3v) is 3.85. The molecule has 25 heavy (non-hydrogen) atoms. The predicted molar refractivity (Wildman–Crippen MR) is 98.8 cm³/mol. The SMILES string of the molecule is CNCCOc1ccc2c(=O)c3cc(OCCNC)ccc3oc2c1. The van der Waals surface area contributed by atoms with Crippen LogP contribution in [0.5, 0.6) is 11.5 Å². The zero-order valence-electron chi connectivity index (χ0n) is 14.4. The average molecular weight is 342 g/mol. The van der Waals surface area contributed by atoms with E-state index in [1.807, 2.05) is 14.1 Å². The van der Waals surface area contributed by atoms with Crippen LogP contribution in [0.15, 0.2) is 45.6 Å². The van der Waals surface area contributed by atoms with Gasteiger partial charge in [0, 0.05) is 19.2 Å². The summed E-state index contributed by atoms with van der Waals surface area (Å²) >= 11 is 0. The Morgan fingerprint density at radius 1 is 0.840 bits per heavy atom. The van der Waals surface area contributed by atoms with Gasteiger partial charge in [-0.25, -0.2) is 0 Å². The predicted octanol–water partition coefficient (Wildman–Crippen LogP) is 2.14. The first-order valence-electron chi connectivity index (χ1n) is 8.28. The molecule has 0 saturated heterocycles. The highest BCUT2D eigenvalue weighted by Gasteiger charge is 2.10. The van der Waals surface area contributed by atoms with E-state index < -0.39 is 0 Å². The minimum absolute atomic E-state index is 0.0721. The molecule has 0 fully saturated rings. The number of rotatable bonds is 8. The number of hydrogen-bond donors (Lipinski definition) is 2. The molecule has 1 aromatic heterocycles. The van der Waals surface area contributed by atoms with E-state index in [9.17, 15) is 4.79 Å². The topological polar surface area (TPSA) is 72.7 Å². The van der Waals surface area contributed by atoms with Gasteiger partial charge in [-0.15, -0.1) is 0 Å². The fourth-order valence-corrected chi connectivity index (χ4v) is 2.54. The Kier molecular flexibility index (Phi) is 5.53. The van der Waals surface area contributed by atoms with E-state index in [-0.39, 0.29) is 5.43 Å². The van der Waals surface area contributed by atoms with Crippen molar-refractivity contribution in [1.82, 2.24) is 10.6 Å². The van der Waals surface area contributed by atoms with Gasteiger partial charge in [0.15, 0.2) is 0 Å². The van der Waals surface area contributed by atoms with Crippen molar-refractivity contribution in [3.8, 4) is 11.5 Å². The summed E-state index contributed by atoms with van der Waals surface area (Å²) in [4.78, 5) is 12.8. The summed E-state index contributed by atoms with van der Waals surface area (Å²) in [6.07, 6.45) is 0. The minimum atomic E-state index is -0.0721. The largest absolute Gasteiger partial charge is 0.492 e. The fraction of sp³-hybridized carbons (Fsp3) is 0.316. The monoisotopic (exact) mass is 342 g/mol. The van der Waals surface area contributed by atoms with Crippen LogP contribution in [0.3, 0.4) is 0 Å². The molecule has 0 aliphatic heterocycles. The van der Waals surface area contributed by atoms with E-state index in [2.05, 4.69) is 10.6 Å². The van der Waals surface area contributed by atoms with Crippen LogP contribution in [-0.2, 0) is 0 Å². The van der Waals surface area contributed by atoms with Crippen molar-refractivity contribution in [3.05, 3.63) is 46.6 Å². The van der Waals surface area contributed by atoms with Crippen LogP contribution in [0, 0.1) is 0 Å². The Labute approximate surface area is 145 Å². The van der Waals surface area contributed by atoms with Gasteiger partial charge in [-0.1, -0.05) is 0 Å². The molecule has 3 aromatic rings. The lowest BCUT2D eigenvalue weighted by Gasteiger charge is -2.08. The van der Waals surface area contributed by atoms with E-state index in [1.54, 1.807) is 36.4 Å². The van der Waals surface area contributed by atoms with Gasteiger partial charge in [0.05, 0.1) is 10.8 Å². The normalized spacial score (nSPS) is 11.1.